The van der Waals surface area contributed by atoms with Gasteiger partial charge < -0.3 is 5.73 Å². The molecule has 0 radical (unpaired) electrons. The van der Waals surface area contributed by atoms with Crippen LogP contribution in [-0.2, 0) is 12.7 Å². The van der Waals surface area contributed by atoms with Crippen LogP contribution in [0.5, 0.6) is 0 Å². The molecule has 3 rings (SSSR count). The molecule has 0 bridgehead atoms. The van der Waals surface area contributed by atoms with Gasteiger partial charge in [-0.15, -0.1) is 0 Å². The van der Waals surface area contributed by atoms with E-state index in [0.717, 1.165) is 16.9 Å². The highest BCUT2D eigenvalue weighted by molar-refractivity contribution is 5.65. The van der Waals surface area contributed by atoms with Gasteiger partial charge in [0.05, 0.1) is 18.6 Å². The summed E-state index contributed by atoms with van der Waals surface area (Å²) >= 11 is 0. The van der Waals surface area contributed by atoms with Crippen molar-refractivity contribution in [2.75, 3.05) is 6.54 Å². The smallest absolute Gasteiger partial charge is 0.327 e. The first-order valence-corrected chi connectivity index (χ1v) is 8.10. The van der Waals surface area contributed by atoms with Crippen LogP contribution in [-0.4, -0.2) is 25.9 Å². The summed E-state index contributed by atoms with van der Waals surface area (Å²) in [6.07, 6.45) is -1.78. The molecule has 0 aliphatic carbocycles. The van der Waals surface area contributed by atoms with E-state index < -0.39 is 17.6 Å². The highest BCUT2D eigenvalue weighted by Crippen LogP contribution is 2.29. The lowest BCUT2D eigenvalue weighted by atomic mass is 10.1. The number of nitrogens with two attached hydrogens (primary N) is 1. The highest BCUT2D eigenvalue weighted by atomic mass is 19.4. The van der Waals surface area contributed by atoms with Crippen LogP contribution in [0.2, 0.25) is 0 Å². The molecule has 0 amide bonds. The number of halogens is 4. The average Bonchev–Trinajstić information content (AvgIpc) is 3.06. The molecule has 3 aromatic rings. The Bertz CT molecular complexity index is 1050. The maximum absolute atomic E-state index is 12.7. The van der Waals surface area contributed by atoms with Crippen LogP contribution in [0, 0.1) is 0 Å². The molecule has 0 spiro atoms. The Kier molecular flexibility index (Phi) is 5.41. The van der Waals surface area contributed by atoms with E-state index in [9.17, 15) is 22.4 Å². The third-order valence-electron chi connectivity index (χ3n) is 4.01. The lowest BCUT2D eigenvalue weighted by Gasteiger charge is -2.08. The van der Waals surface area contributed by atoms with E-state index >= 15 is 0 Å². The van der Waals surface area contributed by atoms with Gasteiger partial charge in [-0.2, -0.15) is 18.3 Å². The molecule has 146 valence electrons. The summed E-state index contributed by atoms with van der Waals surface area (Å²) in [5, 5.41) is 3.94. The Morgan fingerprint density at radius 3 is 2.57 bits per heavy atom. The fourth-order valence-corrected chi connectivity index (χ4v) is 2.53. The van der Waals surface area contributed by atoms with Crippen molar-refractivity contribution in [2.24, 2.45) is 5.73 Å². The summed E-state index contributed by atoms with van der Waals surface area (Å²) < 4.78 is 52.9. The number of aromatic nitrogens is 4. The fraction of sp³-hybridized carbons (Fsp3) is 0.167. The molecule has 10 heteroatoms. The number of hydrogen-bond acceptors (Lipinski definition) is 4. The van der Waals surface area contributed by atoms with Gasteiger partial charge in [-0.05, 0) is 29.3 Å². The number of benzene rings is 1. The first-order valence-electron chi connectivity index (χ1n) is 8.10. The van der Waals surface area contributed by atoms with Gasteiger partial charge in [0.25, 0.3) is 0 Å². The van der Waals surface area contributed by atoms with Crippen LogP contribution in [0.3, 0.4) is 0 Å². The standard InChI is InChI=1S/C18H15F4N5O/c19-7-12(8-23)10-27-17(28)26(11-25-27)15-3-1-2-13(6-15)14-4-5-16(24-9-14)18(20,21)22/h1-7,9,11H,8,10,23H2/b12-7+. The van der Waals surface area contributed by atoms with E-state index in [2.05, 4.69) is 10.1 Å². The zero-order valence-corrected chi connectivity index (χ0v) is 14.4. The van der Waals surface area contributed by atoms with Crippen LogP contribution in [0.4, 0.5) is 17.6 Å². The summed E-state index contributed by atoms with van der Waals surface area (Å²) in [6, 6.07) is 8.79. The van der Waals surface area contributed by atoms with E-state index in [-0.39, 0.29) is 18.7 Å². The Hall–Kier alpha value is -3.27. The summed E-state index contributed by atoms with van der Waals surface area (Å²) in [6.45, 7) is -0.131. The Morgan fingerprint density at radius 2 is 1.96 bits per heavy atom. The summed E-state index contributed by atoms with van der Waals surface area (Å²) in [5.41, 5.74) is 5.59. The summed E-state index contributed by atoms with van der Waals surface area (Å²) in [4.78, 5) is 15.9. The first-order chi connectivity index (χ1) is 13.3. The molecule has 28 heavy (non-hydrogen) atoms. The zero-order chi connectivity index (χ0) is 20.3. The predicted molar refractivity (Wildman–Crippen MR) is 94.3 cm³/mol. The molecule has 6 nitrogen and oxygen atoms in total. The maximum Gasteiger partial charge on any atom is 0.433 e. The number of nitrogens with zero attached hydrogens (tertiary/aromatic N) is 4. The molecule has 0 unspecified atom stereocenters. The molecular formula is C18H15F4N5O. The molecular weight excluding hydrogens is 378 g/mol. The van der Waals surface area contributed by atoms with Crippen LogP contribution < -0.4 is 11.4 Å². The zero-order valence-electron chi connectivity index (χ0n) is 14.4. The van der Waals surface area contributed by atoms with Crippen molar-refractivity contribution in [3.8, 4) is 16.8 Å². The van der Waals surface area contributed by atoms with Crippen LogP contribution in [0.15, 0.2) is 65.6 Å². The fourth-order valence-electron chi connectivity index (χ4n) is 2.53. The average molecular weight is 393 g/mol. The molecule has 0 atom stereocenters. The molecule has 2 aromatic heterocycles. The van der Waals surface area contributed by atoms with Gasteiger partial charge in [0.1, 0.15) is 12.0 Å². The lowest BCUT2D eigenvalue weighted by molar-refractivity contribution is -0.141. The van der Waals surface area contributed by atoms with Gasteiger partial charge in [0.15, 0.2) is 0 Å². The molecule has 0 aliphatic rings. The first kappa shape index (κ1) is 19.5. The Morgan fingerprint density at radius 1 is 1.18 bits per heavy atom. The summed E-state index contributed by atoms with van der Waals surface area (Å²) in [7, 11) is 0. The van der Waals surface area contributed by atoms with E-state index in [1.54, 1.807) is 24.3 Å². The molecule has 0 fully saturated rings. The van der Waals surface area contributed by atoms with E-state index in [4.69, 9.17) is 5.73 Å². The lowest BCUT2D eigenvalue weighted by Crippen LogP contribution is -2.25. The van der Waals surface area contributed by atoms with E-state index in [0.29, 0.717) is 23.1 Å². The number of hydrogen-bond donors (Lipinski definition) is 1. The van der Waals surface area contributed by atoms with Crippen molar-refractivity contribution in [1.29, 1.82) is 0 Å². The second-order valence-electron chi connectivity index (χ2n) is 5.89. The largest absolute Gasteiger partial charge is 0.433 e. The van der Waals surface area contributed by atoms with Crippen molar-refractivity contribution in [1.82, 2.24) is 19.3 Å². The minimum atomic E-state index is -4.52. The van der Waals surface area contributed by atoms with Crippen LogP contribution in [0.25, 0.3) is 16.8 Å². The molecule has 0 saturated carbocycles. The van der Waals surface area contributed by atoms with E-state index in [1.807, 2.05) is 0 Å². The predicted octanol–water partition coefficient (Wildman–Crippen LogP) is 2.93. The van der Waals surface area contributed by atoms with E-state index in [1.165, 1.54) is 17.0 Å². The second kappa shape index (κ2) is 7.77. The van der Waals surface area contributed by atoms with Gasteiger partial charge >= 0.3 is 11.9 Å². The van der Waals surface area contributed by atoms with Crippen LogP contribution in [0.1, 0.15) is 5.69 Å². The molecule has 1 aromatic carbocycles. The Labute approximate surface area is 156 Å². The minimum absolute atomic E-state index is 0.0494. The number of rotatable bonds is 5. The molecule has 2 heterocycles. The maximum atomic E-state index is 12.7. The van der Waals surface area contributed by atoms with Gasteiger partial charge in [0.2, 0.25) is 0 Å². The number of alkyl halides is 3. The normalized spacial score (nSPS) is 12.4. The minimum Gasteiger partial charge on any atom is -0.327 e. The van der Waals surface area contributed by atoms with Crippen molar-refractivity contribution in [3.05, 3.63) is 77.0 Å². The van der Waals surface area contributed by atoms with Crippen molar-refractivity contribution >= 4 is 0 Å². The monoisotopic (exact) mass is 393 g/mol. The van der Waals surface area contributed by atoms with Gasteiger partial charge in [-0.3, -0.25) is 4.98 Å². The Balaban J connectivity index is 1.92. The van der Waals surface area contributed by atoms with Gasteiger partial charge in [-0.1, -0.05) is 18.2 Å². The second-order valence-corrected chi connectivity index (χ2v) is 5.89. The van der Waals surface area contributed by atoms with Crippen LogP contribution >= 0.6 is 0 Å². The van der Waals surface area contributed by atoms with Gasteiger partial charge in [-0.25, -0.2) is 18.4 Å². The molecule has 0 aliphatic heterocycles. The van der Waals surface area contributed by atoms with Crippen molar-refractivity contribution < 1.29 is 17.6 Å². The van der Waals surface area contributed by atoms with Crippen molar-refractivity contribution in [3.63, 3.8) is 0 Å². The third kappa shape index (κ3) is 4.01. The SMILES string of the molecule is NC/C(=C\F)Cn1ncn(-c2cccc(-c3ccc(C(F)(F)F)nc3)c2)c1=O. The van der Waals surface area contributed by atoms with Crippen molar-refractivity contribution in [2.45, 2.75) is 12.7 Å². The third-order valence-corrected chi connectivity index (χ3v) is 4.01. The van der Waals surface area contributed by atoms with Gasteiger partial charge in [0, 0.05) is 18.3 Å². The highest BCUT2D eigenvalue weighted by Gasteiger charge is 2.32. The molecule has 2 N–H and O–H groups in total. The topological polar surface area (TPSA) is 78.7 Å². The summed E-state index contributed by atoms with van der Waals surface area (Å²) in [5.74, 6) is 0. The molecule has 0 saturated heterocycles. The number of pyridine rings is 1. The quantitative estimate of drug-likeness (QED) is 0.676.